The standard InChI is InChI=1S/C12H22N2O4/c1-8-4-3-5-9(6-8)14(2)12(18)13-7-10(15)11(16)17/h8-10,15H,3-7H2,1-2H3,(H,13,18)(H,16,17). The van der Waals surface area contributed by atoms with E-state index in [1.54, 1.807) is 11.9 Å². The van der Waals surface area contributed by atoms with Crippen LogP contribution in [-0.2, 0) is 4.79 Å². The minimum atomic E-state index is -1.55. The Kier molecular flexibility index (Phi) is 5.40. The van der Waals surface area contributed by atoms with Crippen molar-refractivity contribution >= 4 is 12.0 Å². The van der Waals surface area contributed by atoms with Crippen LogP contribution < -0.4 is 5.32 Å². The molecule has 3 N–H and O–H groups in total. The highest BCUT2D eigenvalue weighted by molar-refractivity contribution is 5.76. The number of aliphatic carboxylic acids is 1. The van der Waals surface area contributed by atoms with Gasteiger partial charge in [-0.3, -0.25) is 0 Å². The summed E-state index contributed by atoms with van der Waals surface area (Å²) in [7, 11) is 1.71. The fraction of sp³-hybridized carbons (Fsp3) is 0.833. The van der Waals surface area contributed by atoms with Gasteiger partial charge in [-0.05, 0) is 18.8 Å². The van der Waals surface area contributed by atoms with Crippen molar-refractivity contribution in [2.24, 2.45) is 5.92 Å². The Labute approximate surface area is 107 Å². The Morgan fingerprint density at radius 3 is 2.67 bits per heavy atom. The zero-order valence-electron chi connectivity index (χ0n) is 10.9. The van der Waals surface area contributed by atoms with Crippen molar-refractivity contribution < 1.29 is 19.8 Å². The van der Waals surface area contributed by atoms with Crippen molar-refractivity contribution in [2.45, 2.75) is 44.8 Å². The summed E-state index contributed by atoms with van der Waals surface area (Å²) in [6.07, 6.45) is 2.72. The Hall–Kier alpha value is -1.30. The average molecular weight is 258 g/mol. The third-order valence-electron chi connectivity index (χ3n) is 3.51. The molecule has 0 radical (unpaired) electrons. The first-order chi connectivity index (χ1) is 8.41. The van der Waals surface area contributed by atoms with E-state index in [4.69, 9.17) is 10.2 Å². The quantitative estimate of drug-likeness (QED) is 0.690. The first-order valence-corrected chi connectivity index (χ1v) is 6.33. The molecule has 3 unspecified atom stereocenters. The van der Waals surface area contributed by atoms with Crippen molar-refractivity contribution in [1.29, 1.82) is 0 Å². The Balaban J connectivity index is 2.38. The summed E-state index contributed by atoms with van der Waals surface area (Å²) in [5, 5.41) is 20.0. The number of carboxylic acid groups (broad SMARTS) is 1. The number of amides is 2. The molecule has 0 aromatic carbocycles. The van der Waals surface area contributed by atoms with Crippen molar-refractivity contribution in [2.75, 3.05) is 13.6 Å². The molecule has 18 heavy (non-hydrogen) atoms. The Bertz CT molecular complexity index is 308. The van der Waals surface area contributed by atoms with E-state index < -0.39 is 12.1 Å². The van der Waals surface area contributed by atoms with Gasteiger partial charge in [-0.25, -0.2) is 9.59 Å². The third-order valence-corrected chi connectivity index (χ3v) is 3.51. The summed E-state index contributed by atoms with van der Waals surface area (Å²) in [6.45, 7) is 1.91. The van der Waals surface area contributed by atoms with Gasteiger partial charge in [0.25, 0.3) is 0 Å². The lowest BCUT2D eigenvalue weighted by molar-refractivity contribution is -0.146. The number of carbonyl (C=O) groups excluding carboxylic acids is 1. The number of carboxylic acids is 1. The lowest BCUT2D eigenvalue weighted by Gasteiger charge is -2.34. The Morgan fingerprint density at radius 2 is 2.11 bits per heavy atom. The molecule has 0 saturated heterocycles. The van der Waals surface area contributed by atoms with E-state index in [0.29, 0.717) is 5.92 Å². The number of hydrogen-bond donors (Lipinski definition) is 3. The van der Waals surface area contributed by atoms with Crippen molar-refractivity contribution in [1.82, 2.24) is 10.2 Å². The van der Waals surface area contributed by atoms with E-state index in [1.165, 1.54) is 6.42 Å². The van der Waals surface area contributed by atoms with Crippen LogP contribution in [0.5, 0.6) is 0 Å². The predicted molar refractivity (Wildman–Crippen MR) is 66.2 cm³/mol. The molecule has 1 aliphatic carbocycles. The predicted octanol–water partition coefficient (Wildman–Crippen LogP) is 0.652. The largest absolute Gasteiger partial charge is 0.479 e. The van der Waals surface area contributed by atoms with Gasteiger partial charge in [0.15, 0.2) is 6.10 Å². The SMILES string of the molecule is CC1CCCC(N(C)C(=O)NCC(O)C(=O)O)C1. The molecule has 0 bridgehead atoms. The number of hydrogen-bond acceptors (Lipinski definition) is 3. The maximum Gasteiger partial charge on any atom is 0.334 e. The molecule has 3 atom stereocenters. The summed E-state index contributed by atoms with van der Waals surface area (Å²) in [4.78, 5) is 23.8. The fourth-order valence-electron chi connectivity index (χ4n) is 2.32. The van der Waals surface area contributed by atoms with Gasteiger partial charge >= 0.3 is 12.0 Å². The van der Waals surface area contributed by atoms with E-state index in [9.17, 15) is 9.59 Å². The maximum atomic E-state index is 11.8. The molecular weight excluding hydrogens is 236 g/mol. The van der Waals surface area contributed by atoms with E-state index in [-0.39, 0.29) is 18.6 Å². The number of urea groups is 1. The van der Waals surface area contributed by atoms with Crippen molar-refractivity contribution in [3.8, 4) is 0 Å². The topological polar surface area (TPSA) is 89.9 Å². The van der Waals surface area contributed by atoms with Crippen molar-refractivity contribution in [3.05, 3.63) is 0 Å². The highest BCUT2D eigenvalue weighted by Crippen LogP contribution is 2.26. The second kappa shape index (κ2) is 6.58. The molecule has 1 saturated carbocycles. The molecule has 0 aromatic heterocycles. The number of aliphatic hydroxyl groups excluding tert-OH is 1. The van der Waals surface area contributed by atoms with Crippen LogP contribution >= 0.6 is 0 Å². The van der Waals surface area contributed by atoms with Gasteiger partial charge < -0.3 is 20.4 Å². The summed E-state index contributed by atoms with van der Waals surface area (Å²) >= 11 is 0. The van der Waals surface area contributed by atoms with E-state index >= 15 is 0 Å². The molecule has 0 aromatic rings. The molecule has 6 heteroatoms. The second-order valence-electron chi connectivity index (χ2n) is 5.08. The first kappa shape index (κ1) is 14.8. The normalized spacial score (nSPS) is 25.3. The van der Waals surface area contributed by atoms with Crippen LogP contribution in [-0.4, -0.2) is 52.9 Å². The lowest BCUT2D eigenvalue weighted by Crippen LogP contribution is -2.47. The monoisotopic (exact) mass is 258 g/mol. The molecule has 1 rings (SSSR count). The highest BCUT2D eigenvalue weighted by atomic mass is 16.4. The molecule has 0 spiro atoms. The minimum Gasteiger partial charge on any atom is -0.479 e. The zero-order chi connectivity index (χ0) is 13.7. The fourth-order valence-corrected chi connectivity index (χ4v) is 2.32. The van der Waals surface area contributed by atoms with Crippen molar-refractivity contribution in [3.63, 3.8) is 0 Å². The van der Waals surface area contributed by atoms with E-state index in [0.717, 1.165) is 19.3 Å². The van der Waals surface area contributed by atoms with Crippen LogP contribution in [0.15, 0.2) is 0 Å². The van der Waals surface area contributed by atoms with Crippen LogP contribution in [0.1, 0.15) is 32.6 Å². The van der Waals surface area contributed by atoms with Gasteiger partial charge in [0.1, 0.15) is 0 Å². The summed E-state index contributed by atoms with van der Waals surface area (Å²) in [5.74, 6) is -0.715. The summed E-state index contributed by atoms with van der Waals surface area (Å²) < 4.78 is 0. The molecule has 104 valence electrons. The van der Waals surface area contributed by atoms with Crippen LogP contribution in [0.2, 0.25) is 0 Å². The molecular formula is C12H22N2O4. The molecule has 6 nitrogen and oxygen atoms in total. The first-order valence-electron chi connectivity index (χ1n) is 6.33. The number of carbonyl (C=O) groups is 2. The number of nitrogens with zero attached hydrogens (tertiary/aromatic N) is 1. The molecule has 2 amide bonds. The van der Waals surface area contributed by atoms with E-state index in [2.05, 4.69) is 12.2 Å². The highest BCUT2D eigenvalue weighted by Gasteiger charge is 2.25. The average Bonchev–Trinajstić information content (AvgIpc) is 2.34. The third kappa shape index (κ3) is 4.18. The Morgan fingerprint density at radius 1 is 1.44 bits per heavy atom. The number of aliphatic hydroxyl groups is 1. The second-order valence-corrected chi connectivity index (χ2v) is 5.08. The smallest absolute Gasteiger partial charge is 0.334 e. The van der Waals surface area contributed by atoms with Gasteiger partial charge in [-0.1, -0.05) is 19.8 Å². The molecule has 1 aliphatic rings. The van der Waals surface area contributed by atoms with Crippen LogP contribution in [0.4, 0.5) is 4.79 Å². The van der Waals surface area contributed by atoms with Gasteiger partial charge in [0.2, 0.25) is 0 Å². The number of rotatable bonds is 4. The molecule has 0 heterocycles. The summed E-state index contributed by atoms with van der Waals surface area (Å²) in [6, 6.07) is -0.120. The van der Waals surface area contributed by atoms with Gasteiger partial charge in [0.05, 0.1) is 6.54 Å². The lowest BCUT2D eigenvalue weighted by atomic mass is 9.86. The van der Waals surface area contributed by atoms with E-state index in [1.807, 2.05) is 0 Å². The van der Waals surface area contributed by atoms with Gasteiger partial charge in [-0.2, -0.15) is 0 Å². The van der Waals surface area contributed by atoms with Gasteiger partial charge in [0, 0.05) is 13.1 Å². The summed E-state index contributed by atoms with van der Waals surface area (Å²) in [5.41, 5.74) is 0. The van der Waals surface area contributed by atoms with Crippen LogP contribution in [0, 0.1) is 5.92 Å². The zero-order valence-corrected chi connectivity index (χ0v) is 10.9. The van der Waals surface area contributed by atoms with Crippen LogP contribution in [0.25, 0.3) is 0 Å². The van der Waals surface area contributed by atoms with Gasteiger partial charge in [-0.15, -0.1) is 0 Å². The minimum absolute atomic E-state index is 0.204. The molecule has 0 aliphatic heterocycles. The number of nitrogens with one attached hydrogen (secondary N) is 1. The van der Waals surface area contributed by atoms with Crippen LogP contribution in [0.3, 0.4) is 0 Å². The molecule has 1 fully saturated rings. The maximum absolute atomic E-state index is 11.8.